The fraction of sp³-hybridized carbons (Fsp3) is 0.385. The van der Waals surface area contributed by atoms with Gasteiger partial charge in [0, 0.05) is 18.7 Å². The molecule has 6 nitrogen and oxygen atoms in total. The van der Waals surface area contributed by atoms with E-state index in [-0.39, 0.29) is 19.1 Å². The Labute approximate surface area is 110 Å². The summed E-state index contributed by atoms with van der Waals surface area (Å²) in [7, 11) is 0. The average molecular weight is 265 g/mol. The van der Waals surface area contributed by atoms with Crippen LogP contribution in [0.4, 0.5) is 5.69 Å². The molecule has 0 aromatic heterocycles. The molecule has 1 N–H and O–H groups in total. The molecule has 1 amide bonds. The predicted molar refractivity (Wildman–Crippen MR) is 67.3 cm³/mol. The van der Waals surface area contributed by atoms with Crippen molar-refractivity contribution in [1.29, 1.82) is 0 Å². The second-order valence-electron chi connectivity index (χ2n) is 4.01. The number of fused-ring (bicyclic) bond motifs is 1. The molecular formula is C13H15NO5. The van der Waals surface area contributed by atoms with Gasteiger partial charge in [0.25, 0.3) is 0 Å². The van der Waals surface area contributed by atoms with E-state index in [0.29, 0.717) is 17.2 Å². The van der Waals surface area contributed by atoms with Crippen LogP contribution in [0.3, 0.4) is 0 Å². The third-order valence-electron chi connectivity index (χ3n) is 2.47. The van der Waals surface area contributed by atoms with Gasteiger partial charge < -0.3 is 19.5 Å². The summed E-state index contributed by atoms with van der Waals surface area (Å²) in [6, 6.07) is 5.00. The third-order valence-corrected chi connectivity index (χ3v) is 2.47. The number of amides is 1. The SMILES string of the molecule is CCOC(=O)C1COc2ccc(NC(C)=O)cc2O1. The van der Waals surface area contributed by atoms with Crippen LogP contribution in [-0.4, -0.2) is 31.2 Å². The van der Waals surface area contributed by atoms with Crippen molar-refractivity contribution in [3.05, 3.63) is 18.2 Å². The molecule has 0 radical (unpaired) electrons. The van der Waals surface area contributed by atoms with Crippen LogP contribution >= 0.6 is 0 Å². The molecule has 0 saturated carbocycles. The van der Waals surface area contributed by atoms with Crippen LogP contribution in [-0.2, 0) is 14.3 Å². The Morgan fingerprint density at radius 3 is 2.89 bits per heavy atom. The van der Waals surface area contributed by atoms with Crippen LogP contribution in [0.15, 0.2) is 18.2 Å². The summed E-state index contributed by atoms with van der Waals surface area (Å²) < 4.78 is 15.8. The summed E-state index contributed by atoms with van der Waals surface area (Å²) in [6.07, 6.45) is -0.778. The molecule has 0 spiro atoms. The van der Waals surface area contributed by atoms with Crippen LogP contribution < -0.4 is 14.8 Å². The van der Waals surface area contributed by atoms with Gasteiger partial charge in [0.15, 0.2) is 11.5 Å². The minimum atomic E-state index is -0.778. The first kappa shape index (κ1) is 13.2. The zero-order chi connectivity index (χ0) is 13.8. The van der Waals surface area contributed by atoms with E-state index in [1.54, 1.807) is 25.1 Å². The minimum absolute atomic E-state index is 0.116. The van der Waals surface area contributed by atoms with Crippen LogP contribution in [0.1, 0.15) is 13.8 Å². The molecule has 1 aromatic carbocycles. The lowest BCUT2D eigenvalue weighted by Crippen LogP contribution is -2.37. The van der Waals surface area contributed by atoms with Crippen molar-refractivity contribution >= 4 is 17.6 Å². The number of hydrogen-bond donors (Lipinski definition) is 1. The maximum Gasteiger partial charge on any atom is 0.350 e. The standard InChI is InChI=1S/C13H15NO5/c1-3-17-13(16)12-7-18-10-5-4-9(14-8(2)15)6-11(10)19-12/h4-6,12H,3,7H2,1-2H3,(H,14,15). The highest BCUT2D eigenvalue weighted by Gasteiger charge is 2.28. The van der Waals surface area contributed by atoms with Crippen molar-refractivity contribution in [2.75, 3.05) is 18.5 Å². The van der Waals surface area contributed by atoms with E-state index in [9.17, 15) is 9.59 Å². The summed E-state index contributed by atoms with van der Waals surface area (Å²) in [5.41, 5.74) is 0.583. The zero-order valence-electron chi connectivity index (χ0n) is 10.8. The number of rotatable bonds is 3. The van der Waals surface area contributed by atoms with Gasteiger partial charge in [-0.05, 0) is 19.1 Å². The lowest BCUT2D eigenvalue weighted by molar-refractivity contribution is -0.153. The van der Waals surface area contributed by atoms with Gasteiger partial charge in [0.2, 0.25) is 12.0 Å². The molecule has 19 heavy (non-hydrogen) atoms. The molecule has 1 aliphatic heterocycles. The summed E-state index contributed by atoms with van der Waals surface area (Å²) in [6.45, 7) is 3.55. The van der Waals surface area contributed by atoms with Crippen molar-refractivity contribution in [2.24, 2.45) is 0 Å². The molecule has 1 atom stereocenters. The Morgan fingerprint density at radius 2 is 2.21 bits per heavy atom. The summed E-state index contributed by atoms with van der Waals surface area (Å²) >= 11 is 0. The molecule has 0 fully saturated rings. The molecule has 1 unspecified atom stereocenters. The number of carbonyl (C=O) groups excluding carboxylic acids is 2. The zero-order valence-corrected chi connectivity index (χ0v) is 10.8. The predicted octanol–water partition coefficient (Wildman–Crippen LogP) is 1.35. The normalized spacial score (nSPS) is 16.6. The van der Waals surface area contributed by atoms with Crippen molar-refractivity contribution < 1.29 is 23.8 Å². The number of hydrogen-bond acceptors (Lipinski definition) is 5. The molecule has 2 rings (SSSR count). The summed E-state index contributed by atoms with van der Waals surface area (Å²) in [5, 5.41) is 2.63. The highest BCUT2D eigenvalue weighted by Crippen LogP contribution is 2.34. The van der Waals surface area contributed by atoms with E-state index in [1.807, 2.05) is 0 Å². The highest BCUT2D eigenvalue weighted by molar-refractivity contribution is 5.89. The fourth-order valence-electron chi connectivity index (χ4n) is 1.70. The van der Waals surface area contributed by atoms with Crippen molar-refractivity contribution in [1.82, 2.24) is 0 Å². The van der Waals surface area contributed by atoms with Gasteiger partial charge in [-0.25, -0.2) is 4.79 Å². The Hall–Kier alpha value is -2.24. The van der Waals surface area contributed by atoms with Gasteiger partial charge >= 0.3 is 5.97 Å². The first-order chi connectivity index (χ1) is 9.10. The Kier molecular flexibility index (Phi) is 3.89. The molecule has 6 heteroatoms. The van der Waals surface area contributed by atoms with Crippen molar-refractivity contribution in [3.8, 4) is 11.5 Å². The number of carbonyl (C=O) groups is 2. The van der Waals surface area contributed by atoms with Gasteiger partial charge in [-0.15, -0.1) is 0 Å². The first-order valence-corrected chi connectivity index (χ1v) is 5.98. The van der Waals surface area contributed by atoms with Gasteiger partial charge in [-0.2, -0.15) is 0 Å². The molecule has 0 aliphatic carbocycles. The summed E-state index contributed by atoms with van der Waals surface area (Å²) in [5.74, 6) is 0.307. The molecule has 0 bridgehead atoms. The summed E-state index contributed by atoms with van der Waals surface area (Å²) in [4.78, 5) is 22.6. The smallest absolute Gasteiger partial charge is 0.350 e. The molecule has 1 aliphatic rings. The quantitative estimate of drug-likeness (QED) is 0.835. The number of nitrogens with one attached hydrogen (secondary N) is 1. The lowest BCUT2D eigenvalue weighted by atomic mass is 10.2. The average Bonchev–Trinajstić information content (AvgIpc) is 2.37. The van der Waals surface area contributed by atoms with Gasteiger partial charge in [0.05, 0.1) is 6.61 Å². The van der Waals surface area contributed by atoms with Gasteiger partial charge in [-0.3, -0.25) is 4.79 Å². The minimum Gasteiger partial charge on any atom is -0.485 e. The molecule has 1 heterocycles. The van der Waals surface area contributed by atoms with E-state index < -0.39 is 12.1 Å². The molecule has 1 aromatic rings. The van der Waals surface area contributed by atoms with Gasteiger partial charge in [-0.1, -0.05) is 0 Å². The van der Waals surface area contributed by atoms with Crippen molar-refractivity contribution in [2.45, 2.75) is 20.0 Å². The van der Waals surface area contributed by atoms with E-state index >= 15 is 0 Å². The number of esters is 1. The second kappa shape index (κ2) is 5.60. The Balaban J connectivity index is 2.13. The Bertz CT molecular complexity index is 500. The molecule has 102 valence electrons. The number of ether oxygens (including phenoxy) is 3. The largest absolute Gasteiger partial charge is 0.485 e. The van der Waals surface area contributed by atoms with Crippen LogP contribution in [0.5, 0.6) is 11.5 Å². The van der Waals surface area contributed by atoms with E-state index in [0.717, 1.165) is 0 Å². The van der Waals surface area contributed by atoms with E-state index in [1.165, 1.54) is 6.92 Å². The van der Waals surface area contributed by atoms with Gasteiger partial charge in [0.1, 0.15) is 6.61 Å². The topological polar surface area (TPSA) is 73.9 Å². The number of anilines is 1. The highest BCUT2D eigenvalue weighted by atomic mass is 16.6. The fourth-order valence-corrected chi connectivity index (χ4v) is 1.70. The first-order valence-electron chi connectivity index (χ1n) is 5.98. The van der Waals surface area contributed by atoms with Crippen LogP contribution in [0.25, 0.3) is 0 Å². The van der Waals surface area contributed by atoms with Crippen molar-refractivity contribution in [3.63, 3.8) is 0 Å². The molecular weight excluding hydrogens is 250 g/mol. The van der Waals surface area contributed by atoms with Crippen LogP contribution in [0.2, 0.25) is 0 Å². The number of benzene rings is 1. The maximum atomic E-state index is 11.6. The third kappa shape index (κ3) is 3.15. The monoisotopic (exact) mass is 265 g/mol. The second-order valence-corrected chi connectivity index (χ2v) is 4.01. The lowest BCUT2D eigenvalue weighted by Gasteiger charge is -2.25. The Morgan fingerprint density at radius 1 is 1.42 bits per heavy atom. The van der Waals surface area contributed by atoms with E-state index in [2.05, 4.69) is 5.32 Å². The maximum absolute atomic E-state index is 11.6. The van der Waals surface area contributed by atoms with Crippen LogP contribution in [0, 0.1) is 0 Å². The van der Waals surface area contributed by atoms with E-state index in [4.69, 9.17) is 14.2 Å². The molecule has 0 saturated heterocycles.